The molecule has 1 atom stereocenters. The molecular weight excluding hydrogens is 328 g/mol. The van der Waals surface area contributed by atoms with E-state index in [0.29, 0.717) is 32.0 Å². The summed E-state index contributed by atoms with van der Waals surface area (Å²) in [5, 5.41) is 0. The number of benzene rings is 1. The fourth-order valence-electron chi connectivity index (χ4n) is 2.82. The van der Waals surface area contributed by atoms with Gasteiger partial charge < -0.3 is 19.8 Å². The van der Waals surface area contributed by atoms with Gasteiger partial charge in [-0.2, -0.15) is 0 Å². The summed E-state index contributed by atoms with van der Waals surface area (Å²) in [6, 6.07) is 11.3. The Hall–Kier alpha value is -1.98. The SMILES string of the molecule is CC1(CN)CCN(C(=O)c2occc2COc2ccccc2)C1.Cl. The Kier molecular flexibility index (Phi) is 5.91. The third kappa shape index (κ3) is 3.91. The van der Waals surface area contributed by atoms with Crippen LogP contribution in [0.2, 0.25) is 0 Å². The Bertz CT molecular complexity index is 674. The number of furan rings is 1. The Morgan fingerprint density at radius 3 is 2.75 bits per heavy atom. The maximum Gasteiger partial charge on any atom is 0.289 e. The lowest BCUT2D eigenvalue weighted by Gasteiger charge is -2.22. The molecule has 1 fully saturated rings. The van der Waals surface area contributed by atoms with Crippen molar-refractivity contribution < 1.29 is 13.9 Å². The van der Waals surface area contributed by atoms with Crippen LogP contribution in [0.4, 0.5) is 0 Å². The topological polar surface area (TPSA) is 68.7 Å². The van der Waals surface area contributed by atoms with Gasteiger partial charge in [0.05, 0.1) is 6.26 Å². The normalized spacial score (nSPS) is 19.8. The van der Waals surface area contributed by atoms with Crippen LogP contribution in [0.1, 0.15) is 29.5 Å². The lowest BCUT2D eigenvalue weighted by molar-refractivity contribution is 0.0741. The Labute approximate surface area is 148 Å². The maximum absolute atomic E-state index is 12.7. The molecule has 5 nitrogen and oxygen atoms in total. The molecule has 1 amide bonds. The molecule has 0 bridgehead atoms. The van der Waals surface area contributed by atoms with E-state index in [4.69, 9.17) is 14.9 Å². The molecular formula is C18H23ClN2O3. The van der Waals surface area contributed by atoms with Gasteiger partial charge in [-0.05, 0) is 36.6 Å². The van der Waals surface area contributed by atoms with E-state index >= 15 is 0 Å². The maximum atomic E-state index is 12.7. The van der Waals surface area contributed by atoms with Gasteiger partial charge in [-0.3, -0.25) is 4.79 Å². The first kappa shape index (κ1) is 18.4. The van der Waals surface area contributed by atoms with Crippen molar-refractivity contribution in [1.29, 1.82) is 0 Å². The van der Waals surface area contributed by atoms with E-state index in [0.717, 1.165) is 17.7 Å². The second-order valence-electron chi connectivity index (χ2n) is 6.37. The molecule has 130 valence electrons. The summed E-state index contributed by atoms with van der Waals surface area (Å²) >= 11 is 0. The van der Waals surface area contributed by atoms with Crippen molar-refractivity contribution in [3.8, 4) is 5.75 Å². The highest BCUT2D eigenvalue weighted by atomic mass is 35.5. The number of ether oxygens (including phenoxy) is 1. The van der Waals surface area contributed by atoms with E-state index in [1.54, 1.807) is 6.07 Å². The molecule has 1 aromatic carbocycles. The molecule has 24 heavy (non-hydrogen) atoms. The molecule has 1 unspecified atom stereocenters. The van der Waals surface area contributed by atoms with Crippen molar-refractivity contribution in [2.45, 2.75) is 20.0 Å². The van der Waals surface area contributed by atoms with E-state index in [9.17, 15) is 4.79 Å². The number of halogens is 1. The first-order chi connectivity index (χ1) is 11.1. The van der Waals surface area contributed by atoms with Gasteiger partial charge in [0.25, 0.3) is 5.91 Å². The summed E-state index contributed by atoms with van der Waals surface area (Å²) in [5.41, 5.74) is 6.58. The van der Waals surface area contributed by atoms with Crippen LogP contribution in [0.15, 0.2) is 47.1 Å². The number of rotatable bonds is 5. The van der Waals surface area contributed by atoms with Crippen molar-refractivity contribution in [3.63, 3.8) is 0 Å². The number of likely N-dealkylation sites (tertiary alicyclic amines) is 1. The molecule has 0 aliphatic carbocycles. The van der Waals surface area contributed by atoms with Crippen LogP contribution in [0, 0.1) is 5.41 Å². The van der Waals surface area contributed by atoms with Crippen molar-refractivity contribution in [3.05, 3.63) is 54.0 Å². The van der Waals surface area contributed by atoms with Gasteiger partial charge in [-0.25, -0.2) is 0 Å². The van der Waals surface area contributed by atoms with Crippen LogP contribution in [0.5, 0.6) is 5.75 Å². The number of carbonyl (C=O) groups excluding carboxylic acids is 1. The first-order valence-corrected chi connectivity index (χ1v) is 7.85. The summed E-state index contributed by atoms with van der Waals surface area (Å²) in [4.78, 5) is 14.5. The van der Waals surface area contributed by atoms with Gasteiger partial charge in [-0.1, -0.05) is 25.1 Å². The van der Waals surface area contributed by atoms with Crippen LogP contribution in [0.3, 0.4) is 0 Å². The molecule has 2 heterocycles. The zero-order valence-corrected chi connectivity index (χ0v) is 14.6. The summed E-state index contributed by atoms with van der Waals surface area (Å²) in [6.45, 7) is 4.39. The van der Waals surface area contributed by atoms with Crippen LogP contribution >= 0.6 is 12.4 Å². The van der Waals surface area contributed by atoms with Gasteiger partial charge in [0, 0.05) is 18.7 Å². The lowest BCUT2D eigenvalue weighted by Crippen LogP contribution is -2.34. The van der Waals surface area contributed by atoms with Crippen LogP contribution in [0.25, 0.3) is 0 Å². The quantitative estimate of drug-likeness (QED) is 0.899. The van der Waals surface area contributed by atoms with Gasteiger partial charge >= 0.3 is 0 Å². The third-order valence-electron chi connectivity index (χ3n) is 4.42. The highest BCUT2D eigenvalue weighted by Gasteiger charge is 2.36. The third-order valence-corrected chi connectivity index (χ3v) is 4.42. The minimum absolute atomic E-state index is 0. The summed E-state index contributed by atoms with van der Waals surface area (Å²) in [5.74, 6) is 1.05. The van der Waals surface area contributed by atoms with Gasteiger partial charge in [0.15, 0.2) is 5.76 Å². The van der Waals surface area contributed by atoms with Crippen molar-refractivity contribution in [2.24, 2.45) is 11.1 Å². The molecule has 0 radical (unpaired) electrons. The number of para-hydroxylation sites is 1. The predicted octanol–water partition coefficient (Wildman–Crippen LogP) is 3.09. The number of carbonyl (C=O) groups is 1. The molecule has 3 rings (SSSR count). The number of hydrogen-bond donors (Lipinski definition) is 1. The van der Waals surface area contributed by atoms with Crippen molar-refractivity contribution >= 4 is 18.3 Å². The molecule has 0 spiro atoms. The zero-order chi connectivity index (χ0) is 16.3. The Balaban J connectivity index is 0.00000208. The molecule has 1 aliphatic heterocycles. The molecule has 1 aromatic heterocycles. The summed E-state index contributed by atoms with van der Waals surface area (Å²) < 4.78 is 11.1. The van der Waals surface area contributed by atoms with Crippen molar-refractivity contribution in [2.75, 3.05) is 19.6 Å². The highest BCUT2D eigenvalue weighted by molar-refractivity contribution is 5.93. The molecule has 2 aromatic rings. The first-order valence-electron chi connectivity index (χ1n) is 7.85. The van der Waals surface area contributed by atoms with E-state index in [-0.39, 0.29) is 23.7 Å². The van der Waals surface area contributed by atoms with E-state index in [2.05, 4.69) is 6.92 Å². The van der Waals surface area contributed by atoms with Gasteiger partial charge in [-0.15, -0.1) is 12.4 Å². The minimum Gasteiger partial charge on any atom is -0.489 e. The monoisotopic (exact) mass is 350 g/mol. The number of nitrogens with zero attached hydrogens (tertiary/aromatic N) is 1. The number of amides is 1. The molecule has 0 saturated carbocycles. The fraction of sp³-hybridized carbons (Fsp3) is 0.389. The second kappa shape index (κ2) is 7.73. The van der Waals surface area contributed by atoms with Crippen LogP contribution < -0.4 is 10.5 Å². The van der Waals surface area contributed by atoms with E-state index in [1.807, 2.05) is 35.2 Å². The standard InChI is InChI=1S/C18H22N2O3.ClH/c1-18(12-19)8-9-20(13-18)17(21)16-14(7-10-22-16)11-23-15-5-3-2-4-6-15;/h2-7,10H,8-9,11-13,19H2,1H3;1H. The summed E-state index contributed by atoms with van der Waals surface area (Å²) in [6.07, 6.45) is 2.46. The minimum atomic E-state index is -0.0844. The lowest BCUT2D eigenvalue weighted by atomic mass is 9.90. The zero-order valence-electron chi connectivity index (χ0n) is 13.7. The number of hydrogen-bond acceptors (Lipinski definition) is 4. The number of nitrogens with two attached hydrogens (primary N) is 1. The average molecular weight is 351 g/mol. The van der Waals surface area contributed by atoms with E-state index in [1.165, 1.54) is 6.26 Å². The van der Waals surface area contributed by atoms with E-state index < -0.39 is 0 Å². The molecule has 6 heteroatoms. The van der Waals surface area contributed by atoms with Gasteiger partial charge in [0.1, 0.15) is 12.4 Å². The molecule has 1 aliphatic rings. The average Bonchev–Trinajstić information content (AvgIpc) is 3.20. The van der Waals surface area contributed by atoms with Crippen LogP contribution in [-0.2, 0) is 6.61 Å². The van der Waals surface area contributed by atoms with Crippen LogP contribution in [-0.4, -0.2) is 30.4 Å². The Morgan fingerprint density at radius 1 is 1.33 bits per heavy atom. The predicted molar refractivity (Wildman–Crippen MR) is 94.4 cm³/mol. The second-order valence-corrected chi connectivity index (χ2v) is 6.37. The smallest absolute Gasteiger partial charge is 0.289 e. The Morgan fingerprint density at radius 2 is 2.08 bits per heavy atom. The van der Waals surface area contributed by atoms with Gasteiger partial charge in [0.2, 0.25) is 0 Å². The highest BCUT2D eigenvalue weighted by Crippen LogP contribution is 2.30. The molecule has 1 saturated heterocycles. The fourth-order valence-corrected chi connectivity index (χ4v) is 2.82. The van der Waals surface area contributed by atoms with Crippen molar-refractivity contribution in [1.82, 2.24) is 4.90 Å². The largest absolute Gasteiger partial charge is 0.489 e. The molecule has 2 N–H and O–H groups in total. The summed E-state index contributed by atoms with van der Waals surface area (Å²) in [7, 11) is 0.